The van der Waals surface area contributed by atoms with Gasteiger partial charge in [-0.05, 0) is 57.5 Å². The number of ether oxygens (including phenoxy) is 1. The number of hydrogen-bond donors (Lipinski definition) is 1. The third kappa shape index (κ3) is 5.81. The van der Waals surface area contributed by atoms with Crippen molar-refractivity contribution in [2.24, 2.45) is 0 Å². The van der Waals surface area contributed by atoms with E-state index in [1.807, 2.05) is 27.7 Å². The van der Waals surface area contributed by atoms with Crippen molar-refractivity contribution in [3.05, 3.63) is 59.2 Å². The van der Waals surface area contributed by atoms with Crippen LogP contribution >= 0.6 is 0 Å². The summed E-state index contributed by atoms with van der Waals surface area (Å²) < 4.78 is 32.8. The first-order valence-corrected chi connectivity index (χ1v) is 11.2. The Kier molecular flexibility index (Phi) is 7.81. The summed E-state index contributed by atoms with van der Waals surface area (Å²) in [7, 11) is -2.14. The molecule has 0 bridgehead atoms. The molecule has 1 amide bonds. The number of amides is 1. The fourth-order valence-corrected chi connectivity index (χ4v) is 3.91. The minimum absolute atomic E-state index is 0.0575. The second-order valence-corrected chi connectivity index (χ2v) is 9.16. The van der Waals surface area contributed by atoms with Crippen molar-refractivity contribution in [1.29, 1.82) is 0 Å². The SMILES string of the molecule is CCOc1ccc(C(=O)N[C@@H](C)CC)cc1CN(C)S(=O)(=O)c1ccc(C)cc1. The Morgan fingerprint density at radius 3 is 2.38 bits per heavy atom. The molecule has 158 valence electrons. The number of hydrogen-bond acceptors (Lipinski definition) is 4. The van der Waals surface area contributed by atoms with E-state index in [0.717, 1.165) is 12.0 Å². The highest BCUT2D eigenvalue weighted by Gasteiger charge is 2.23. The summed E-state index contributed by atoms with van der Waals surface area (Å²) in [6.07, 6.45) is 0.827. The van der Waals surface area contributed by atoms with E-state index in [1.165, 1.54) is 11.4 Å². The summed E-state index contributed by atoms with van der Waals surface area (Å²) in [6.45, 7) is 8.25. The molecule has 0 unspecified atom stereocenters. The van der Waals surface area contributed by atoms with Gasteiger partial charge in [-0.3, -0.25) is 4.79 Å². The smallest absolute Gasteiger partial charge is 0.251 e. The van der Waals surface area contributed by atoms with Gasteiger partial charge in [0.15, 0.2) is 0 Å². The Balaban J connectivity index is 2.32. The van der Waals surface area contributed by atoms with Crippen LogP contribution in [0, 0.1) is 6.92 Å². The predicted molar refractivity (Wildman–Crippen MR) is 115 cm³/mol. The normalized spacial score (nSPS) is 12.6. The number of aryl methyl sites for hydroxylation is 1. The summed E-state index contributed by atoms with van der Waals surface area (Å²) in [5.41, 5.74) is 2.11. The van der Waals surface area contributed by atoms with E-state index >= 15 is 0 Å². The van der Waals surface area contributed by atoms with Gasteiger partial charge >= 0.3 is 0 Å². The van der Waals surface area contributed by atoms with E-state index in [0.29, 0.717) is 23.5 Å². The number of rotatable bonds is 9. The van der Waals surface area contributed by atoms with Crippen molar-refractivity contribution in [1.82, 2.24) is 9.62 Å². The highest BCUT2D eigenvalue weighted by atomic mass is 32.2. The van der Waals surface area contributed by atoms with Gasteiger partial charge in [0.25, 0.3) is 5.91 Å². The van der Waals surface area contributed by atoms with E-state index in [4.69, 9.17) is 4.74 Å². The molecule has 2 aromatic rings. The van der Waals surface area contributed by atoms with Crippen LogP contribution in [0.5, 0.6) is 5.75 Å². The highest BCUT2D eigenvalue weighted by molar-refractivity contribution is 7.89. The van der Waals surface area contributed by atoms with Crippen LogP contribution in [-0.4, -0.2) is 38.3 Å². The molecule has 0 aliphatic rings. The molecule has 2 rings (SSSR count). The summed E-state index contributed by atoms with van der Waals surface area (Å²) >= 11 is 0. The first kappa shape index (κ1) is 22.9. The Morgan fingerprint density at radius 2 is 1.79 bits per heavy atom. The molecule has 7 heteroatoms. The largest absolute Gasteiger partial charge is 0.494 e. The second-order valence-electron chi connectivity index (χ2n) is 7.11. The summed E-state index contributed by atoms with van der Waals surface area (Å²) in [6, 6.07) is 11.9. The molecule has 6 nitrogen and oxygen atoms in total. The molecule has 0 spiro atoms. The third-order valence-corrected chi connectivity index (χ3v) is 6.55. The number of carbonyl (C=O) groups is 1. The van der Waals surface area contributed by atoms with Gasteiger partial charge in [0.1, 0.15) is 5.75 Å². The number of sulfonamides is 1. The molecule has 0 radical (unpaired) electrons. The zero-order chi connectivity index (χ0) is 21.6. The van der Waals surface area contributed by atoms with Crippen molar-refractivity contribution < 1.29 is 17.9 Å². The van der Waals surface area contributed by atoms with Gasteiger partial charge in [-0.25, -0.2) is 8.42 Å². The number of benzene rings is 2. The van der Waals surface area contributed by atoms with Gasteiger partial charge in [-0.1, -0.05) is 24.6 Å². The van der Waals surface area contributed by atoms with Gasteiger partial charge in [0.05, 0.1) is 11.5 Å². The van der Waals surface area contributed by atoms with E-state index in [-0.39, 0.29) is 23.4 Å². The van der Waals surface area contributed by atoms with Gasteiger partial charge in [-0.15, -0.1) is 0 Å². The van der Waals surface area contributed by atoms with E-state index in [9.17, 15) is 13.2 Å². The van der Waals surface area contributed by atoms with Gasteiger partial charge in [0.2, 0.25) is 10.0 Å². The Hall–Kier alpha value is -2.38. The highest BCUT2D eigenvalue weighted by Crippen LogP contribution is 2.25. The lowest BCUT2D eigenvalue weighted by molar-refractivity contribution is 0.0939. The molecule has 1 atom stereocenters. The standard InChI is InChI=1S/C22H30N2O4S/c1-6-17(4)23-22(25)18-10-13-21(28-7-2)19(14-18)15-24(5)29(26,27)20-11-8-16(3)9-12-20/h8-14,17H,6-7,15H2,1-5H3,(H,23,25)/t17-/m0/s1. The molecule has 0 fully saturated rings. The number of nitrogens with one attached hydrogen (secondary N) is 1. The van der Waals surface area contributed by atoms with Crippen molar-refractivity contribution >= 4 is 15.9 Å². The van der Waals surface area contributed by atoms with Gasteiger partial charge in [0, 0.05) is 30.8 Å². The van der Waals surface area contributed by atoms with Crippen LogP contribution in [0.2, 0.25) is 0 Å². The van der Waals surface area contributed by atoms with Crippen molar-refractivity contribution in [2.45, 2.75) is 51.6 Å². The molecule has 29 heavy (non-hydrogen) atoms. The third-order valence-electron chi connectivity index (χ3n) is 4.73. The maximum Gasteiger partial charge on any atom is 0.251 e. The summed E-state index contributed by atoms with van der Waals surface area (Å²) in [4.78, 5) is 12.7. The van der Waals surface area contributed by atoms with Crippen molar-refractivity contribution in [3.8, 4) is 5.75 Å². The van der Waals surface area contributed by atoms with Crippen molar-refractivity contribution in [2.75, 3.05) is 13.7 Å². The summed E-state index contributed by atoms with van der Waals surface area (Å²) in [5.74, 6) is 0.381. The van der Waals surface area contributed by atoms with Gasteiger partial charge < -0.3 is 10.1 Å². The van der Waals surface area contributed by atoms with Crippen LogP contribution in [0.3, 0.4) is 0 Å². The summed E-state index contributed by atoms with van der Waals surface area (Å²) in [5, 5.41) is 2.93. The molecule has 1 N–H and O–H groups in total. The first-order chi connectivity index (χ1) is 13.7. The fraction of sp³-hybridized carbons (Fsp3) is 0.409. The Labute approximate surface area is 173 Å². The van der Waals surface area contributed by atoms with Crippen LogP contribution in [0.25, 0.3) is 0 Å². The van der Waals surface area contributed by atoms with Crippen LogP contribution in [-0.2, 0) is 16.6 Å². The number of nitrogens with zero attached hydrogens (tertiary/aromatic N) is 1. The molecule has 0 aliphatic heterocycles. The lowest BCUT2D eigenvalue weighted by atomic mass is 10.1. The van der Waals surface area contributed by atoms with E-state index < -0.39 is 10.0 Å². The Morgan fingerprint density at radius 1 is 1.14 bits per heavy atom. The lowest BCUT2D eigenvalue weighted by Crippen LogP contribution is -2.32. The molecule has 0 heterocycles. The monoisotopic (exact) mass is 418 g/mol. The molecule has 0 saturated carbocycles. The van der Waals surface area contributed by atoms with Crippen LogP contribution in [0.15, 0.2) is 47.4 Å². The quantitative estimate of drug-likeness (QED) is 0.673. The zero-order valence-electron chi connectivity index (χ0n) is 17.7. The molecule has 0 aliphatic carbocycles. The minimum atomic E-state index is -3.66. The molecule has 0 aromatic heterocycles. The fourth-order valence-electron chi connectivity index (χ4n) is 2.76. The van der Waals surface area contributed by atoms with Gasteiger partial charge in [-0.2, -0.15) is 4.31 Å². The second kappa shape index (κ2) is 9.89. The number of carbonyl (C=O) groups excluding carboxylic acids is 1. The van der Waals surface area contributed by atoms with Crippen LogP contribution in [0.4, 0.5) is 0 Å². The Bertz CT molecular complexity index is 940. The average Bonchev–Trinajstić information content (AvgIpc) is 2.69. The molecule has 2 aromatic carbocycles. The molecule has 0 saturated heterocycles. The topological polar surface area (TPSA) is 75.7 Å². The zero-order valence-corrected chi connectivity index (χ0v) is 18.5. The van der Waals surface area contributed by atoms with E-state index in [2.05, 4.69) is 5.32 Å². The average molecular weight is 419 g/mol. The maximum atomic E-state index is 12.9. The molecular weight excluding hydrogens is 388 g/mol. The van der Waals surface area contributed by atoms with Crippen LogP contribution in [0.1, 0.15) is 48.7 Å². The van der Waals surface area contributed by atoms with Crippen molar-refractivity contribution in [3.63, 3.8) is 0 Å². The van der Waals surface area contributed by atoms with E-state index in [1.54, 1.807) is 42.5 Å². The predicted octanol–water partition coefficient (Wildman–Crippen LogP) is 3.74. The molecular formula is C22H30N2O4S. The first-order valence-electron chi connectivity index (χ1n) is 9.78. The lowest BCUT2D eigenvalue weighted by Gasteiger charge is -2.20. The minimum Gasteiger partial charge on any atom is -0.494 e. The maximum absolute atomic E-state index is 12.9. The van der Waals surface area contributed by atoms with Crippen LogP contribution < -0.4 is 10.1 Å².